The monoisotopic (exact) mass is 647 g/mol. The largest absolute Gasteiger partial charge is 0.295 e. The maximum Gasteiger partial charge on any atom is 0.0544 e. The molecule has 11 nitrogen and oxygen atoms in total. The van der Waals surface area contributed by atoms with Gasteiger partial charge >= 0.3 is 0 Å². The molecule has 1 aliphatic heterocycles. The normalized spacial score (nSPS) is 19.0. The number of rotatable bonds is 12. The molecular weight excluding hydrogens is 598 g/mol. The Hall–Kier alpha value is -4.25. The van der Waals surface area contributed by atoms with E-state index in [2.05, 4.69) is 95.0 Å². The lowest BCUT2D eigenvalue weighted by Gasteiger charge is -2.40. The molecule has 48 heavy (non-hydrogen) atoms. The second-order valence-corrected chi connectivity index (χ2v) is 12.9. The van der Waals surface area contributed by atoms with Crippen LogP contribution >= 0.6 is 0 Å². The Morgan fingerprint density at radius 1 is 0.625 bits per heavy atom. The highest BCUT2D eigenvalue weighted by Gasteiger charge is 2.28. The van der Waals surface area contributed by atoms with Crippen molar-refractivity contribution in [2.75, 3.05) is 45.8 Å². The molecule has 0 spiro atoms. The predicted molar refractivity (Wildman–Crippen MR) is 189 cm³/mol. The summed E-state index contributed by atoms with van der Waals surface area (Å²) in [6, 6.07) is 24.7. The van der Waals surface area contributed by atoms with E-state index in [0.717, 1.165) is 101 Å². The lowest BCUT2D eigenvalue weighted by Crippen LogP contribution is -2.50. The summed E-state index contributed by atoms with van der Waals surface area (Å²) >= 11 is 0. The summed E-state index contributed by atoms with van der Waals surface area (Å²) in [4.78, 5) is 32.2. The van der Waals surface area contributed by atoms with Gasteiger partial charge in [0.15, 0.2) is 0 Å². The van der Waals surface area contributed by atoms with E-state index in [9.17, 15) is 5.53 Å². The highest BCUT2D eigenvalue weighted by atomic mass is 15.3. The van der Waals surface area contributed by atoms with E-state index in [4.69, 9.17) is 9.97 Å². The van der Waals surface area contributed by atoms with Crippen LogP contribution in [0.15, 0.2) is 103 Å². The van der Waals surface area contributed by atoms with Gasteiger partial charge in [-0.15, -0.1) is 0 Å². The van der Waals surface area contributed by atoms with Crippen LogP contribution in [0.3, 0.4) is 0 Å². The van der Waals surface area contributed by atoms with Gasteiger partial charge in [-0.1, -0.05) is 43.2 Å². The van der Waals surface area contributed by atoms with Crippen LogP contribution in [0.2, 0.25) is 0 Å². The smallest absolute Gasteiger partial charge is 0.0544 e. The summed E-state index contributed by atoms with van der Waals surface area (Å²) in [5, 5.41) is 4.10. The van der Waals surface area contributed by atoms with Crippen LogP contribution in [0.4, 0.5) is 0 Å². The number of azide groups is 1. The standard InChI is InChI=1S/C37H49N11/c1-31(32(2)43-44-38)25-37-30-47(28-35-13-5-9-17-41-35)22-21-45(26-33-11-3-7-15-39-33)19-20-46(27-34-12-4-8-16-40-34)23-24-48(37)29-36-14-6-10-18-42-36/h3-18,31-32,37H,19-30H2,1-2H3/t31-,32?,37?/m1/s1. The molecule has 252 valence electrons. The molecule has 1 aliphatic rings. The van der Waals surface area contributed by atoms with E-state index in [1.807, 2.05) is 56.0 Å². The molecule has 0 bridgehead atoms. The lowest BCUT2D eigenvalue weighted by molar-refractivity contribution is 0.0728. The van der Waals surface area contributed by atoms with Gasteiger partial charge in [0.05, 0.1) is 22.8 Å². The molecule has 3 atom stereocenters. The van der Waals surface area contributed by atoms with Crippen molar-refractivity contribution in [1.82, 2.24) is 39.5 Å². The second kappa shape index (κ2) is 18.9. The van der Waals surface area contributed by atoms with Crippen molar-refractivity contribution in [3.8, 4) is 0 Å². The predicted octanol–water partition coefficient (Wildman–Crippen LogP) is 5.68. The molecule has 4 aromatic heterocycles. The van der Waals surface area contributed by atoms with E-state index < -0.39 is 0 Å². The lowest BCUT2D eigenvalue weighted by atomic mass is 9.94. The zero-order valence-corrected chi connectivity index (χ0v) is 28.4. The van der Waals surface area contributed by atoms with E-state index in [0.29, 0.717) is 0 Å². The molecule has 4 aromatic rings. The fraction of sp³-hybridized carbons (Fsp3) is 0.459. The summed E-state index contributed by atoms with van der Waals surface area (Å²) in [5.41, 5.74) is 13.5. The van der Waals surface area contributed by atoms with Gasteiger partial charge in [0.1, 0.15) is 0 Å². The first-order chi connectivity index (χ1) is 23.6. The summed E-state index contributed by atoms with van der Waals surface area (Å²) in [7, 11) is 0. The van der Waals surface area contributed by atoms with Gasteiger partial charge in [-0.25, -0.2) is 0 Å². The number of aromatic nitrogens is 4. The van der Waals surface area contributed by atoms with Crippen molar-refractivity contribution in [3.63, 3.8) is 0 Å². The summed E-state index contributed by atoms with van der Waals surface area (Å²) < 4.78 is 0. The van der Waals surface area contributed by atoms with Gasteiger partial charge < -0.3 is 0 Å². The second-order valence-electron chi connectivity index (χ2n) is 12.9. The molecule has 5 heterocycles. The van der Waals surface area contributed by atoms with Gasteiger partial charge in [0, 0.05) is 114 Å². The van der Waals surface area contributed by atoms with Gasteiger partial charge in [0.2, 0.25) is 0 Å². The van der Waals surface area contributed by atoms with Crippen LogP contribution in [-0.4, -0.2) is 97.4 Å². The minimum atomic E-state index is -0.105. The van der Waals surface area contributed by atoms with E-state index >= 15 is 0 Å². The average molecular weight is 648 g/mol. The number of hydrogen-bond donors (Lipinski definition) is 0. The maximum atomic E-state index is 9.24. The van der Waals surface area contributed by atoms with Crippen molar-refractivity contribution < 1.29 is 0 Å². The van der Waals surface area contributed by atoms with Crippen LogP contribution in [0.1, 0.15) is 43.0 Å². The first-order valence-corrected chi connectivity index (χ1v) is 17.1. The van der Waals surface area contributed by atoms with Gasteiger partial charge in [-0.2, -0.15) is 0 Å². The molecule has 0 aliphatic carbocycles. The highest BCUT2D eigenvalue weighted by molar-refractivity contribution is 5.07. The molecule has 0 radical (unpaired) electrons. The molecule has 1 saturated heterocycles. The zero-order chi connectivity index (χ0) is 33.4. The molecule has 0 N–H and O–H groups in total. The highest BCUT2D eigenvalue weighted by Crippen LogP contribution is 2.22. The Balaban J connectivity index is 1.47. The topological polar surface area (TPSA) is 113 Å². The van der Waals surface area contributed by atoms with Crippen molar-refractivity contribution in [3.05, 3.63) is 131 Å². The number of nitrogens with zero attached hydrogens (tertiary/aromatic N) is 11. The molecule has 5 rings (SSSR count). The van der Waals surface area contributed by atoms with Crippen LogP contribution in [0, 0.1) is 5.92 Å². The van der Waals surface area contributed by atoms with Crippen LogP contribution in [-0.2, 0) is 26.2 Å². The SMILES string of the molecule is CC(N=[N+]=[N-])[C@H](C)CC1CN(Cc2ccccn2)CCN(Cc2ccccn2)CCN(Cc2ccccn2)CCN1Cc1ccccn1. The molecular formula is C37H49N11. The molecule has 0 aromatic carbocycles. The number of pyridine rings is 4. The summed E-state index contributed by atoms with van der Waals surface area (Å²) in [6.45, 7) is 13.6. The third kappa shape index (κ3) is 11.5. The Bertz CT molecular complexity index is 1500. The minimum Gasteiger partial charge on any atom is -0.295 e. The number of hydrogen-bond acceptors (Lipinski definition) is 9. The Kier molecular flexibility index (Phi) is 13.8. The van der Waals surface area contributed by atoms with Gasteiger partial charge in [0.25, 0.3) is 0 Å². The van der Waals surface area contributed by atoms with Crippen LogP contribution in [0.25, 0.3) is 10.4 Å². The fourth-order valence-corrected chi connectivity index (χ4v) is 6.32. The third-order valence-electron chi connectivity index (χ3n) is 9.28. The summed E-state index contributed by atoms with van der Waals surface area (Å²) in [5.74, 6) is 0.201. The first kappa shape index (κ1) is 35.1. The molecule has 0 amide bonds. The van der Waals surface area contributed by atoms with Crippen molar-refractivity contribution in [1.29, 1.82) is 0 Å². The molecule has 0 saturated carbocycles. The Morgan fingerprint density at radius 2 is 1.04 bits per heavy atom. The van der Waals surface area contributed by atoms with E-state index in [1.54, 1.807) is 0 Å². The van der Waals surface area contributed by atoms with Crippen LogP contribution in [0.5, 0.6) is 0 Å². The molecule has 1 fully saturated rings. The van der Waals surface area contributed by atoms with E-state index in [1.165, 1.54) is 0 Å². The fourth-order valence-electron chi connectivity index (χ4n) is 6.32. The van der Waals surface area contributed by atoms with Crippen LogP contribution < -0.4 is 0 Å². The van der Waals surface area contributed by atoms with Crippen molar-refractivity contribution >= 4 is 0 Å². The maximum absolute atomic E-state index is 9.24. The van der Waals surface area contributed by atoms with Gasteiger partial charge in [-0.05, 0) is 66.4 Å². The van der Waals surface area contributed by atoms with Gasteiger partial charge in [-0.3, -0.25) is 39.5 Å². The summed E-state index contributed by atoms with van der Waals surface area (Å²) in [6.07, 6.45) is 8.41. The zero-order valence-electron chi connectivity index (χ0n) is 28.4. The van der Waals surface area contributed by atoms with Crippen molar-refractivity contribution in [2.24, 2.45) is 11.0 Å². The molecule has 11 heteroatoms. The first-order valence-electron chi connectivity index (χ1n) is 17.1. The minimum absolute atomic E-state index is 0.105. The Morgan fingerprint density at radius 3 is 1.48 bits per heavy atom. The average Bonchev–Trinajstić information content (AvgIpc) is 3.11. The quantitative estimate of drug-likeness (QED) is 0.110. The molecule has 2 unspecified atom stereocenters. The third-order valence-corrected chi connectivity index (χ3v) is 9.28. The van der Waals surface area contributed by atoms with E-state index in [-0.39, 0.29) is 18.0 Å². The van der Waals surface area contributed by atoms with Crippen molar-refractivity contribution in [2.45, 2.75) is 58.5 Å². The Labute approximate surface area is 285 Å².